The van der Waals surface area contributed by atoms with Gasteiger partial charge < -0.3 is 20.3 Å². The van der Waals surface area contributed by atoms with Crippen molar-refractivity contribution in [1.82, 2.24) is 20.2 Å². The summed E-state index contributed by atoms with van der Waals surface area (Å²) in [7, 11) is 0. The highest BCUT2D eigenvalue weighted by Crippen LogP contribution is 2.10. The molecule has 0 radical (unpaired) electrons. The molecule has 1 fully saturated rings. The van der Waals surface area contributed by atoms with E-state index in [9.17, 15) is 14.7 Å². The van der Waals surface area contributed by atoms with E-state index in [1.807, 2.05) is 11.8 Å². The molecule has 8 heteroatoms. The number of carboxylic acid groups (broad SMARTS) is 1. The molecular weight excluding hydrogens is 280 g/mol. The lowest BCUT2D eigenvalue weighted by Gasteiger charge is -2.23. The molecule has 0 aliphatic carbocycles. The largest absolute Gasteiger partial charge is 0.480 e. The zero-order chi connectivity index (χ0) is 14.4. The summed E-state index contributed by atoms with van der Waals surface area (Å²) in [6.07, 6.45) is 4.19. The third-order valence-corrected chi connectivity index (χ3v) is 4.13. The summed E-state index contributed by atoms with van der Waals surface area (Å²) in [5.74, 6) is 0.892. The number of carbonyl (C=O) groups excluding carboxylic acids is 1. The fourth-order valence-electron chi connectivity index (χ4n) is 2.01. The molecule has 1 unspecified atom stereocenters. The Kier molecular flexibility index (Phi) is 5.28. The van der Waals surface area contributed by atoms with Crippen molar-refractivity contribution >= 4 is 23.8 Å². The zero-order valence-electron chi connectivity index (χ0n) is 11.0. The molecule has 2 heterocycles. The first-order chi connectivity index (χ1) is 9.66. The fourth-order valence-corrected chi connectivity index (χ4v) is 2.89. The molecule has 1 aromatic heterocycles. The summed E-state index contributed by atoms with van der Waals surface area (Å²) < 4.78 is 0. The highest BCUT2D eigenvalue weighted by molar-refractivity contribution is 7.99. The van der Waals surface area contributed by atoms with Crippen LogP contribution < -0.4 is 5.32 Å². The van der Waals surface area contributed by atoms with Crippen LogP contribution in [0, 0.1) is 0 Å². The predicted molar refractivity (Wildman–Crippen MR) is 75.8 cm³/mol. The number of H-pyrrole nitrogens is 1. The SMILES string of the molecule is O=C(O)C(Cc1cnc[nH]1)NC(=O)N1CCCSCC1. The first kappa shape index (κ1) is 14.7. The molecule has 0 saturated carbocycles. The molecule has 7 nitrogen and oxygen atoms in total. The number of urea groups is 1. The topological polar surface area (TPSA) is 98.3 Å². The van der Waals surface area contributed by atoms with Gasteiger partial charge in [-0.3, -0.25) is 0 Å². The van der Waals surface area contributed by atoms with Crippen LogP contribution in [0.4, 0.5) is 4.79 Å². The van der Waals surface area contributed by atoms with Gasteiger partial charge >= 0.3 is 12.0 Å². The maximum absolute atomic E-state index is 12.1. The van der Waals surface area contributed by atoms with Crippen LogP contribution in [0.3, 0.4) is 0 Å². The quantitative estimate of drug-likeness (QED) is 0.754. The van der Waals surface area contributed by atoms with E-state index in [1.165, 1.54) is 6.33 Å². The Labute approximate surface area is 121 Å². The monoisotopic (exact) mass is 298 g/mol. The van der Waals surface area contributed by atoms with Crippen molar-refractivity contribution in [2.24, 2.45) is 0 Å². The first-order valence-corrected chi connectivity index (χ1v) is 7.65. The summed E-state index contributed by atoms with van der Waals surface area (Å²) in [5.41, 5.74) is 0.684. The Balaban J connectivity index is 1.93. The molecule has 2 amide bonds. The summed E-state index contributed by atoms with van der Waals surface area (Å²) in [6, 6.07) is -1.25. The van der Waals surface area contributed by atoms with Gasteiger partial charge in [0.05, 0.1) is 6.33 Å². The highest BCUT2D eigenvalue weighted by atomic mass is 32.2. The number of thioether (sulfide) groups is 1. The van der Waals surface area contributed by atoms with Crippen LogP contribution >= 0.6 is 11.8 Å². The number of aromatic nitrogens is 2. The summed E-state index contributed by atoms with van der Waals surface area (Å²) in [4.78, 5) is 31.7. The number of rotatable bonds is 4. The number of aliphatic carboxylic acids is 1. The zero-order valence-corrected chi connectivity index (χ0v) is 11.9. The van der Waals surface area contributed by atoms with E-state index < -0.39 is 12.0 Å². The van der Waals surface area contributed by atoms with Crippen molar-refractivity contribution < 1.29 is 14.7 Å². The molecule has 1 saturated heterocycles. The van der Waals surface area contributed by atoms with Gasteiger partial charge in [-0.1, -0.05) is 0 Å². The lowest BCUT2D eigenvalue weighted by molar-refractivity contribution is -0.139. The highest BCUT2D eigenvalue weighted by Gasteiger charge is 2.24. The van der Waals surface area contributed by atoms with Crippen LogP contribution in [0.2, 0.25) is 0 Å². The molecule has 2 rings (SSSR count). The minimum absolute atomic E-state index is 0.198. The van der Waals surface area contributed by atoms with Crippen molar-refractivity contribution in [2.45, 2.75) is 18.9 Å². The molecule has 0 spiro atoms. The van der Waals surface area contributed by atoms with E-state index in [0.29, 0.717) is 18.8 Å². The maximum Gasteiger partial charge on any atom is 0.326 e. The van der Waals surface area contributed by atoms with E-state index in [4.69, 9.17) is 0 Å². The number of carboxylic acids is 1. The van der Waals surface area contributed by atoms with E-state index in [0.717, 1.165) is 17.9 Å². The number of nitrogens with zero attached hydrogens (tertiary/aromatic N) is 2. The molecule has 20 heavy (non-hydrogen) atoms. The molecule has 0 bridgehead atoms. The second kappa shape index (κ2) is 7.18. The van der Waals surface area contributed by atoms with Gasteiger partial charge in [0.25, 0.3) is 0 Å². The number of hydrogen-bond acceptors (Lipinski definition) is 4. The molecule has 1 aromatic rings. The van der Waals surface area contributed by atoms with Gasteiger partial charge in [0, 0.05) is 37.2 Å². The predicted octanol–water partition coefficient (Wildman–Crippen LogP) is 0.554. The standard InChI is InChI=1S/C12H18N4O3S/c17-11(18)10(6-9-7-13-8-14-9)15-12(19)16-2-1-4-20-5-3-16/h7-8,10H,1-6H2,(H,13,14)(H,15,19)(H,17,18). The van der Waals surface area contributed by atoms with Crippen molar-refractivity contribution in [2.75, 3.05) is 24.6 Å². The van der Waals surface area contributed by atoms with E-state index in [2.05, 4.69) is 15.3 Å². The second-order valence-corrected chi connectivity index (χ2v) is 5.80. The molecule has 1 aliphatic heterocycles. The van der Waals surface area contributed by atoms with Gasteiger partial charge in [-0.2, -0.15) is 11.8 Å². The summed E-state index contributed by atoms with van der Waals surface area (Å²) >= 11 is 1.81. The molecule has 1 atom stereocenters. The van der Waals surface area contributed by atoms with Crippen molar-refractivity contribution in [3.8, 4) is 0 Å². The van der Waals surface area contributed by atoms with E-state index >= 15 is 0 Å². The van der Waals surface area contributed by atoms with Gasteiger partial charge in [0.1, 0.15) is 6.04 Å². The fraction of sp³-hybridized carbons (Fsp3) is 0.583. The normalized spacial score (nSPS) is 17.3. The van der Waals surface area contributed by atoms with Gasteiger partial charge in [0.15, 0.2) is 0 Å². The Morgan fingerprint density at radius 1 is 1.50 bits per heavy atom. The Hall–Kier alpha value is -1.70. The van der Waals surface area contributed by atoms with Crippen LogP contribution in [0.15, 0.2) is 12.5 Å². The Bertz CT molecular complexity index is 444. The van der Waals surface area contributed by atoms with Gasteiger partial charge in [-0.25, -0.2) is 14.6 Å². The van der Waals surface area contributed by atoms with E-state index in [-0.39, 0.29) is 12.5 Å². The van der Waals surface area contributed by atoms with Crippen LogP contribution in [0.25, 0.3) is 0 Å². The van der Waals surface area contributed by atoms with Gasteiger partial charge in [-0.15, -0.1) is 0 Å². The number of nitrogens with one attached hydrogen (secondary N) is 2. The molecular formula is C12H18N4O3S. The van der Waals surface area contributed by atoms with Crippen LogP contribution in [-0.2, 0) is 11.2 Å². The number of imidazole rings is 1. The van der Waals surface area contributed by atoms with Crippen molar-refractivity contribution in [1.29, 1.82) is 0 Å². The average Bonchev–Trinajstić information content (AvgIpc) is 2.77. The van der Waals surface area contributed by atoms with Crippen LogP contribution in [-0.4, -0.2) is 62.6 Å². The van der Waals surface area contributed by atoms with Crippen LogP contribution in [0.5, 0.6) is 0 Å². The Morgan fingerprint density at radius 3 is 3.05 bits per heavy atom. The summed E-state index contributed by atoms with van der Waals surface area (Å²) in [5, 5.41) is 11.8. The summed E-state index contributed by atoms with van der Waals surface area (Å²) in [6.45, 7) is 1.34. The van der Waals surface area contributed by atoms with Crippen molar-refractivity contribution in [3.63, 3.8) is 0 Å². The van der Waals surface area contributed by atoms with Gasteiger partial charge in [-0.05, 0) is 12.2 Å². The molecule has 0 aromatic carbocycles. The van der Waals surface area contributed by atoms with Crippen molar-refractivity contribution in [3.05, 3.63) is 18.2 Å². The Morgan fingerprint density at radius 2 is 2.35 bits per heavy atom. The van der Waals surface area contributed by atoms with Gasteiger partial charge in [0.2, 0.25) is 0 Å². The second-order valence-electron chi connectivity index (χ2n) is 4.57. The first-order valence-electron chi connectivity index (χ1n) is 6.50. The molecule has 110 valence electrons. The lowest BCUT2D eigenvalue weighted by Crippen LogP contribution is -2.49. The lowest BCUT2D eigenvalue weighted by atomic mass is 10.1. The third-order valence-electron chi connectivity index (χ3n) is 3.08. The molecule has 3 N–H and O–H groups in total. The average molecular weight is 298 g/mol. The number of amides is 2. The minimum atomic E-state index is -1.04. The number of aromatic amines is 1. The molecule has 1 aliphatic rings. The number of hydrogen-bond donors (Lipinski definition) is 3. The third kappa shape index (κ3) is 4.16. The minimum Gasteiger partial charge on any atom is -0.480 e. The maximum atomic E-state index is 12.1. The smallest absolute Gasteiger partial charge is 0.326 e. The van der Waals surface area contributed by atoms with Crippen LogP contribution in [0.1, 0.15) is 12.1 Å². The van der Waals surface area contributed by atoms with E-state index in [1.54, 1.807) is 11.1 Å². The number of carbonyl (C=O) groups is 2.